The Bertz CT molecular complexity index is 618. The lowest BCUT2D eigenvalue weighted by molar-refractivity contribution is 0.101. The zero-order chi connectivity index (χ0) is 18.7. The van der Waals surface area contributed by atoms with Crippen LogP contribution in [0.25, 0.3) is 0 Å². The molecule has 2 aliphatic heterocycles. The number of halogens is 1. The van der Waals surface area contributed by atoms with Crippen LogP contribution in [0.2, 0.25) is 0 Å². The summed E-state index contributed by atoms with van der Waals surface area (Å²) in [6, 6.07) is 5.97. The Hall–Kier alpha value is -1.07. The van der Waals surface area contributed by atoms with Gasteiger partial charge in [0.05, 0.1) is 0 Å². The number of nitrogens with zero attached hydrogens (tertiary/aromatic N) is 2. The molecule has 0 aliphatic carbocycles. The molecular formula is C21H32BrN3O. The fraction of sp³-hybridized carbons (Fsp3) is 0.667. The summed E-state index contributed by atoms with van der Waals surface area (Å²) in [7, 11) is 0. The van der Waals surface area contributed by atoms with E-state index < -0.39 is 0 Å². The summed E-state index contributed by atoms with van der Waals surface area (Å²) in [5.74, 6) is 2.37. The number of aryl methyl sites for hydroxylation is 1. The van der Waals surface area contributed by atoms with Gasteiger partial charge < -0.3 is 15.1 Å². The molecule has 0 spiro atoms. The molecule has 2 saturated heterocycles. The van der Waals surface area contributed by atoms with Gasteiger partial charge in [-0.15, -0.1) is 0 Å². The van der Waals surface area contributed by atoms with Crippen LogP contribution in [0.1, 0.15) is 38.7 Å². The number of anilines is 1. The lowest BCUT2D eigenvalue weighted by Gasteiger charge is -2.39. The molecule has 0 bridgehead atoms. The SMILES string of the molecule is Cc1cc(NC(=O)N2CCC(CN3CC(C)CC(C)C3)CC2)ccc1Br. The molecule has 4 nitrogen and oxygen atoms in total. The van der Waals surface area contributed by atoms with E-state index in [0.29, 0.717) is 0 Å². The fourth-order valence-electron chi connectivity index (χ4n) is 4.55. The van der Waals surface area contributed by atoms with Gasteiger partial charge in [0.1, 0.15) is 0 Å². The number of rotatable bonds is 3. The molecule has 0 radical (unpaired) electrons. The van der Waals surface area contributed by atoms with Crippen LogP contribution in [-0.4, -0.2) is 48.6 Å². The van der Waals surface area contributed by atoms with E-state index in [1.54, 1.807) is 0 Å². The van der Waals surface area contributed by atoms with Crippen LogP contribution in [-0.2, 0) is 0 Å². The van der Waals surface area contributed by atoms with Crippen LogP contribution in [0.5, 0.6) is 0 Å². The molecule has 1 aromatic rings. The normalized spacial score (nSPS) is 25.3. The molecule has 3 rings (SSSR count). The third kappa shape index (κ3) is 5.23. The summed E-state index contributed by atoms with van der Waals surface area (Å²) in [4.78, 5) is 17.2. The van der Waals surface area contributed by atoms with Gasteiger partial charge in [-0.25, -0.2) is 4.79 Å². The highest BCUT2D eigenvalue weighted by molar-refractivity contribution is 9.10. The van der Waals surface area contributed by atoms with Crippen LogP contribution in [0.4, 0.5) is 10.5 Å². The number of urea groups is 1. The summed E-state index contributed by atoms with van der Waals surface area (Å²) in [6.07, 6.45) is 3.60. The van der Waals surface area contributed by atoms with Crippen molar-refractivity contribution in [1.29, 1.82) is 0 Å². The maximum atomic E-state index is 12.5. The lowest BCUT2D eigenvalue weighted by atomic mass is 9.89. The molecule has 2 aliphatic rings. The Kier molecular flexibility index (Phi) is 6.62. The number of piperidine rings is 2. The molecule has 0 aromatic heterocycles. The van der Waals surface area contributed by atoms with Crippen molar-refractivity contribution in [3.05, 3.63) is 28.2 Å². The topological polar surface area (TPSA) is 35.6 Å². The molecule has 2 heterocycles. The van der Waals surface area contributed by atoms with Gasteiger partial charge in [0.15, 0.2) is 0 Å². The Labute approximate surface area is 166 Å². The average Bonchev–Trinajstić information content (AvgIpc) is 2.58. The second-order valence-electron chi connectivity index (χ2n) is 8.49. The highest BCUT2D eigenvalue weighted by Gasteiger charge is 2.27. The quantitative estimate of drug-likeness (QED) is 0.746. The first kappa shape index (κ1) is 19.7. The van der Waals surface area contributed by atoms with E-state index in [1.807, 2.05) is 30.0 Å². The molecule has 2 unspecified atom stereocenters. The van der Waals surface area contributed by atoms with E-state index in [2.05, 4.69) is 40.0 Å². The number of hydrogen-bond donors (Lipinski definition) is 1. The second-order valence-corrected chi connectivity index (χ2v) is 9.34. The van der Waals surface area contributed by atoms with Gasteiger partial charge in [-0.2, -0.15) is 0 Å². The van der Waals surface area contributed by atoms with Crippen molar-refractivity contribution < 1.29 is 4.79 Å². The van der Waals surface area contributed by atoms with Crippen LogP contribution in [0.3, 0.4) is 0 Å². The number of amides is 2. The van der Waals surface area contributed by atoms with E-state index in [-0.39, 0.29) is 6.03 Å². The smallest absolute Gasteiger partial charge is 0.321 e. The largest absolute Gasteiger partial charge is 0.325 e. The monoisotopic (exact) mass is 421 g/mol. The minimum Gasteiger partial charge on any atom is -0.325 e. The zero-order valence-electron chi connectivity index (χ0n) is 16.3. The molecule has 144 valence electrons. The first-order valence-corrected chi connectivity index (χ1v) is 10.7. The van der Waals surface area contributed by atoms with Gasteiger partial charge in [-0.1, -0.05) is 29.8 Å². The molecule has 2 fully saturated rings. The summed E-state index contributed by atoms with van der Waals surface area (Å²) in [6.45, 7) is 12.2. The Morgan fingerprint density at radius 2 is 1.85 bits per heavy atom. The van der Waals surface area contributed by atoms with Crippen LogP contribution in [0.15, 0.2) is 22.7 Å². The molecule has 0 saturated carbocycles. The number of carbonyl (C=O) groups excluding carboxylic acids is 1. The zero-order valence-corrected chi connectivity index (χ0v) is 17.9. The van der Waals surface area contributed by atoms with E-state index in [4.69, 9.17) is 0 Å². The molecular weight excluding hydrogens is 390 g/mol. The Balaban J connectivity index is 1.45. The van der Waals surface area contributed by atoms with Gasteiger partial charge in [0.25, 0.3) is 0 Å². The molecule has 1 aromatic carbocycles. The van der Waals surface area contributed by atoms with Crippen LogP contribution >= 0.6 is 15.9 Å². The number of carbonyl (C=O) groups is 1. The number of nitrogens with one attached hydrogen (secondary N) is 1. The number of hydrogen-bond acceptors (Lipinski definition) is 2. The predicted octanol–water partition coefficient (Wildman–Crippen LogP) is 4.98. The maximum Gasteiger partial charge on any atom is 0.321 e. The highest BCUT2D eigenvalue weighted by atomic mass is 79.9. The van der Waals surface area contributed by atoms with E-state index in [0.717, 1.165) is 59.4 Å². The van der Waals surface area contributed by atoms with Crippen molar-refractivity contribution in [2.24, 2.45) is 17.8 Å². The Morgan fingerprint density at radius 3 is 2.46 bits per heavy atom. The Morgan fingerprint density at radius 1 is 1.19 bits per heavy atom. The fourth-order valence-corrected chi connectivity index (χ4v) is 4.80. The van der Waals surface area contributed by atoms with Gasteiger partial charge in [0, 0.05) is 42.9 Å². The van der Waals surface area contributed by atoms with Gasteiger partial charge in [0.2, 0.25) is 0 Å². The average molecular weight is 422 g/mol. The van der Waals surface area contributed by atoms with Crippen LogP contribution in [0, 0.1) is 24.7 Å². The molecule has 26 heavy (non-hydrogen) atoms. The summed E-state index contributed by atoms with van der Waals surface area (Å²) < 4.78 is 1.07. The predicted molar refractivity (Wildman–Crippen MR) is 112 cm³/mol. The molecule has 1 N–H and O–H groups in total. The van der Waals surface area contributed by atoms with Crippen molar-refractivity contribution in [3.8, 4) is 0 Å². The van der Waals surface area contributed by atoms with Crippen molar-refractivity contribution in [1.82, 2.24) is 9.80 Å². The third-order valence-electron chi connectivity index (χ3n) is 5.77. The van der Waals surface area contributed by atoms with E-state index in [9.17, 15) is 4.79 Å². The van der Waals surface area contributed by atoms with Gasteiger partial charge >= 0.3 is 6.03 Å². The van der Waals surface area contributed by atoms with Crippen molar-refractivity contribution in [2.45, 2.75) is 40.0 Å². The van der Waals surface area contributed by atoms with Gasteiger partial charge in [-0.05, 0) is 67.7 Å². The number of benzene rings is 1. The molecule has 5 heteroatoms. The first-order valence-electron chi connectivity index (χ1n) is 9.95. The van der Waals surface area contributed by atoms with Crippen LogP contribution < -0.4 is 5.32 Å². The van der Waals surface area contributed by atoms with E-state index in [1.165, 1.54) is 26.1 Å². The second kappa shape index (κ2) is 8.75. The summed E-state index contributed by atoms with van der Waals surface area (Å²) >= 11 is 3.50. The van der Waals surface area contributed by atoms with Gasteiger partial charge in [-0.3, -0.25) is 0 Å². The van der Waals surface area contributed by atoms with Crippen molar-refractivity contribution in [3.63, 3.8) is 0 Å². The minimum absolute atomic E-state index is 0.0328. The minimum atomic E-state index is 0.0328. The third-order valence-corrected chi connectivity index (χ3v) is 6.66. The maximum absolute atomic E-state index is 12.5. The first-order chi connectivity index (χ1) is 12.4. The van der Waals surface area contributed by atoms with Crippen molar-refractivity contribution >= 4 is 27.6 Å². The summed E-state index contributed by atoms with van der Waals surface area (Å²) in [5.41, 5.74) is 2.00. The van der Waals surface area contributed by atoms with E-state index >= 15 is 0 Å². The standard InChI is InChI=1S/C21H32BrN3O/c1-15-10-16(2)13-24(12-15)14-18-6-8-25(9-7-18)21(26)23-19-4-5-20(22)17(3)11-19/h4-5,11,15-16,18H,6-10,12-14H2,1-3H3,(H,23,26). The summed E-state index contributed by atoms with van der Waals surface area (Å²) in [5, 5.41) is 3.04. The molecule has 2 atom stereocenters. The number of likely N-dealkylation sites (tertiary alicyclic amines) is 2. The van der Waals surface area contributed by atoms with Crippen molar-refractivity contribution in [2.75, 3.05) is 38.0 Å². The highest BCUT2D eigenvalue weighted by Crippen LogP contribution is 2.25. The molecule has 2 amide bonds. The lowest BCUT2D eigenvalue weighted by Crippen LogP contribution is -2.46.